The fourth-order valence-corrected chi connectivity index (χ4v) is 4.48. The Labute approximate surface area is 230 Å². The van der Waals surface area contributed by atoms with E-state index in [0.717, 1.165) is 27.6 Å². The molecule has 1 aromatic heterocycles. The number of hydrogen-bond acceptors (Lipinski definition) is 7. The molecule has 8 nitrogen and oxygen atoms in total. The van der Waals surface area contributed by atoms with Crippen LogP contribution in [0.15, 0.2) is 111 Å². The Hall–Kier alpha value is -5.24. The van der Waals surface area contributed by atoms with E-state index in [2.05, 4.69) is 10.5 Å². The third-order valence-electron chi connectivity index (χ3n) is 6.75. The second-order valence-corrected chi connectivity index (χ2v) is 9.35. The van der Waals surface area contributed by atoms with Gasteiger partial charge in [0.2, 0.25) is 0 Å². The molecule has 0 saturated carbocycles. The first-order valence-corrected chi connectivity index (χ1v) is 12.8. The fourth-order valence-electron chi connectivity index (χ4n) is 4.48. The van der Waals surface area contributed by atoms with Crippen molar-refractivity contribution in [2.24, 2.45) is 5.10 Å². The maximum Gasteiger partial charge on any atom is 0.340 e. The molecule has 200 valence electrons. The molecule has 1 N–H and O–H groups in total. The monoisotopic (exact) mass is 533 g/mol. The van der Waals surface area contributed by atoms with Crippen LogP contribution in [0.2, 0.25) is 0 Å². The Balaban J connectivity index is 1.41. The Kier molecular flexibility index (Phi) is 7.68. The largest absolute Gasteiger partial charge is 0.487 e. The number of hydrazone groups is 1. The molecule has 4 aromatic carbocycles. The molecule has 0 radical (unpaired) electrons. The molecule has 5 aromatic rings. The summed E-state index contributed by atoms with van der Waals surface area (Å²) >= 11 is 0. The zero-order valence-electron chi connectivity index (χ0n) is 22.1. The van der Waals surface area contributed by atoms with Gasteiger partial charge in [-0.2, -0.15) is 5.10 Å². The van der Waals surface area contributed by atoms with Gasteiger partial charge in [-0.1, -0.05) is 60.7 Å². The number of non-ortho nitro benzene ring substituents is 1. The van der Waals surface area contributed by atoms with Crippen LogP contribution < -0.4 is 15.8 Å². The second kappa shape index (κ2) is 11.7. The summed E-state index contributed by atoms with van der Waals surface area (Å²) < 4.78 is 12.0. The van der Waals surface area contributed by atoms with Gasteiger partial charge in [0.15, 0.2) is 0 Å². The normalized spacial score (nSPS) is 11.4. The summed E-state index contributed by atoms with van der Waals surface area (Å²) in [6, 6.07) is 29.2. The lowest BCUT2D eigenvalue weighted by Gasteiger charge is -2.14. The maximum absolute atomic E-state index is 13.0. The van der Waals surface area contributed by atoms with Crippen molar-refractivity contribution in [3.63, 3.8) is 0 Å². The Morgan fingerprint density at radius 2 is 1.57 bits per heavy atom. The summed E-state index contributed by atoms with van der Waals surface area (Å²) in [5, 5.41) is 16.3. The first kappa shape index (κ1) is 26.4. The third kappa shape index (κ3) is 5.76. The van der Waals surface area contributed by atoms with E-state index in [1.807, 2.05) is 86.6 Å². The second-order valence-electron chi connectivity index (χ2n) is 9.35. The first-order chi connectivity index (χ1) is 19.4. The van der Waals surface area contributed by atoms with Crippen LogP contribution in [0, 0.1) is 24.0 Å². The number of benzene rings is 4. The number of fused-ring (bicyclic) bond motifs is 1. The van der Waals surface area contributed by atoms with Gasteiger partial charge in [-0.3, -0.25) is 15.5 Å². The van der Waals surface area contributed by atoms with Gasteiger partial charge in [0, 0.05) is 40.6 Å². The van der Waals surface area contributed by atoms with Gasteiger partial charge in [-0.25, -0.2) is 4.79 Å². The maximum atomic E-state index is 13.0. The van der Waals surface area contributed by atoms with Crippen molar-refractivity contribution in [2.75, 3.05) is 12.0 Å². The van der Waals surface area contributed by atoms with Crippen molar-refractivity contribution in [1.29, 1.82) is 0 Å². The van der Waals surface area contributed by atoms with E-state index >= 15 is 0 Å². The summed E-state index contributed by atoms with van der Waals surface area (Å²) in [6.45, 7) is 3.94. The smallest absolute Gasteiger partial charge is 0.340 e. The van der Waals surface area contributed by atoms with Gasteiger partial charge in [0.05, 0.1) is 10.6 Å². The zero-order valence-corrected chi connectivity index (χ0v) is 22.1. The van der Waals surface area contributed by atoms with Crippen LogP contribution >= 0.6 is 0 Å². The number of nitrogens with one attached hydrogen (secondary N) is 1. The van der Waals surface area contributed by atoms with Crippen molar-refractivity contribution >= 4 is 28.1 Å². The van der Waals surface area contributed by atoms with Crippen molar-refractivity contribution in [3.8, 4) is 5.75 Å². The molecule has 0 amide bonds. The molecule has 0 aliphatic heterocycles. The fraction of sp³-hybridized carbons (Fsp3) is 0.125. The van der Waals surface area contributed by atoms with Crippen LogP contribution in [-0.4, -0.2) is 17.2 Å². The summed E-state index contributed by atoms with van der Waals surface area (Å²) in [5.74, 6) is 0.574. The average molecular weight is 534 g/mol. The van der Waals surface area contributed by atoms with Crippen molar-refractivity contribution in [1.82, 2.24) is 0 Å². The Morgan fingerprint density at radius 1 is 0.900 bits per heavy atom. The topological polar surface area (TPSA) is 107 Å². The molecule has 0 atom stereocenters. The van der Waals surface area contributed by atoms with Gasteiger partial charge in [-0.05, 0) is 49.2 Å². The van der Waals surface area contributed by atoms with E-state index in [1.54, 1.807) is 12.1 Å². The van der Waals surface area contributed by atoms with Crippen LogP contribution in [0.25, 0.3) is 11.0 Å². The molecular weight excluding hydrogens is 506 g/mol. The number of nitrogens with zero attached hydrogens (tertiary/aromatic N) is 2. The molecule has 0 fully saturated rings. The predicted molar refractivity (Wildman–Crippen MR) is 156 cm³/mol. The average Bonchev–Trinajstić information content (AvgIpc) is 2.98. The highest BCUT2D eigenvalue weighted by Gasteiger charge is 2.16. The van der Waals surface area contributed by atoms with Crippen LogP contribution in [0.3, 0.4) is 0 Å². The van der Waals surface area contributed by atoms with Gasteiger partial charge >= 0.3 is 5.63 Å². The molecule has 1 heterocycles. The van der Waals surface area contributed by atoms with Crippen LogP contribution in [-0.2, 0) is 6.42 Å². The highest BCUT2D eigenvalue weighted by atomic mass is 16.6. The summed E-state index contributed by atoms with van der Waals surface area (Å²) in [5.41, 5.74) is 8.48. The van der Waals surface area contributed by atoms with Crippen molar-refractivity contribution in [2.45, 2.75) is 20.3 Å². The van der Waals surface area contributed by atoms with E-state index in [9.17, 15) is 14.9 Å². The van der Waals surface area contributed by atoms with Gasteiger partial charge in [0.1, 0.15) is 23.7 Å². The molecule has 40 heavy (non-hydrogen) atoms. The van der Waals surface area contributed by atoms with Crippen LogP contribution in [0.1, 0.15) is 27.8 Å². The lowest BCUT2D eigenvalue weighted by molar-refractivity contribution is -0.384. The number of hydrogen-bond donors (Lipinski definition) is 1. The molecule has 0 aliphatic carbocycles. The van der Waals surface area contributed by atoms with E-state index in [4.69, 9.17) is 9.15 Å². The van der Waals surface area contributed by atoms with E-state index in [1.165, 1.54) is 12.1 Å². The summed E-state index contributed by atoms with van der Waals surface area (Å²) in [6.07, 6.45) is 0.501. The molecule has 0 unspecified atom stereocenters. The van der Waals surface area contributed by atoms with Crippen molar-refractivity contribution in [3.05, 3.63) is 145 Å². The van der Waals surface area contributed by atoms with Gasteiger partial charge < -0.3 is 9.15 Å². The standard InChI is InChI=1S/C32H27N3O5/c1-21-27-17-18-30(22(2)31(27)40-32(36)28(21)19-23-9-5-3-6-10-23)39-20-29(24-11-7-4-8-12-24)34-33-25-13-15-26(16-14-25)35(37)38/h3-18,33H,19-20H2,1-2H3/b34-29-. The lowest BCUT2D eigenvalue weighted by Crippen LogP contribution is -2.16. The van der Waals surface area contributed by atoms with Crippen LogP contribution in [0.4, 0.5) is 11.4 Å². The van der Waals surface area contributed by atoms with Crippen molar-refractivity contribution < 1.29 is 14.1 Å². The van der Waals surface area contributed by atoms with Crippen LogP contribution in [0.5, 0.6) is 5.75 Å². The number of rotatable bonds is 9. The molecule has 8 heteroatoms. The highest BCUT2D eigenvalue weighted by Crippen LogP contribution is 2.30. The zero-order chi connectivity index (χ0) is 28.1. The van der Waals surface area contributed by atoms with E-state index in [0.29, 0.717) is 34.7 Å². The quantitative estimate of drug-likeness (QED) is 0.0966. The first-order valence-electron chi connectivity index (χ1n) is 12.8. The molecule has 0 bridgehead atoms. The number of ether oxygens (including phenoxy) is 1. The molecule has 0 aliphatic rings. The number of aryl methyl sites for hydroxylation is 2. The minimum atomic E-state index is -0.449. The SMILES string of the molecule is Cc1c(Cc2ccccc2)c(=O)oc2c(C)c(OC/C(=N/Nc3ccc([N+](=O)[O-])cc3)c3ccccc3)ccc12. The molecular formula is C32H27N3O5. The summed E-state index contributed by atoms with van der Waals surface area (Å²) in [7, 11) is 0. The highest BCUT2D eigenvalue weighted by molar-refractivity contribution is 6.02. The minimum absolute atomic E-state index is 0.00185. The van der Waals surface area contributed by atoms with Gasteiger partial charge in [-0.15, -0.1) is 0 Å². The summed E-state index contributed by atoms with van der Waals surface area (Å²) in [4.78, 5) is 23.5. The Bertz CT molecular complexity index is 1750. The van der Waals surface area contributed by atoms with E-state index < -0.39 is 4.92 Å². The minimum Gasteiger partial charge on any atom is -0.487 e. The number of anilines is 1. The molecule has 0 saturated heterocycles. The molecule has 0 spiro atoms. The Morgan fingerprint density at radius 3 is 2.25 bits per heavy atom. The third-order valence-corrected chi connectivity index (χ3v) is 6.75. The van der Waals surface area contributed by atoms with Gasteiger partial charge in [0.25, 0.3) is 5.69 Å². The lowest BCUT2D eigenvalue weighted by atomic mass is 9.98. The van der Waals surface area contributed by atoms with E-state index in [-0.39, 0.29) is 17.9 Å². The number of nitro groups is 1. The number of nitro benzene ring substituents is 1. The predicted octanol–water partition coefficient (Wildman–Crippen LogP) is 6.80. The molecule has 5 rings (SSSR count).